The van der Waals surface area contributed by atoms with Crippen LogP contribution in [-0.2, 0) is 4.79 Å². The van der Waals surface area contributed by atoms with Crippen molar-refractivity contribution in [1.29, 1.82) is 0 Å². The SMILES string of the molecule is Nc1n[nH]c(=O)c2c1c(-c1ccc(-c3nc4ccccc4o3)cc1)nn2C1CCCN(C=O)C1. The van der Waals surface area contributed by atoms with E-state index in [1.807, 2.05) is 48.5 Å². The summed E-state index contributed by atoms with van der Waals surface area (Å²) in [5.74, 6) is 0.721. The highest BCUT2D eigenvalue weighted by Gasteiger charge is 2.27. The maximum absolute atomic E-state index is 12.8. The molecule has 10 heteroatoms. The Morgan fingerprint density at radius 3 is 2.71 bits per heavy atom. The van der Waals surface area contributed by atoms with Crippen molar-refractivity contribution in [2.45, 2.75) is 18.9 Å². The minimum absolute atomic E-state index is 0.128. The van der Waals surface area contributed by atoms with E-state index in [1.165, 1.54) is 0 Å². The number of rotatable bonds is 4. The first kappa shape index (κ1) is 20.2. The van der Waals surface area contributed by atoms with Gasteiger partial charge in [0, 0.05) is 24.2 Å². The number of amides is 1. The first-order valence-electron chi connectivity index (χ1n) is 11.0. The predicted molar refractivity (Wildman–Crippen MR) is 127 cm³/mol. The maximum atomic E-state index is 12.8. The molecule has 0 radical (unpaired) electrons. The molecule has 1 unspecified atom stereocenters. The summed E-state index contributed by atoms with van der Waals surface area (Å²) in [6, 6.07) is 15.1. The fraction of sp³-hybridized carbons (Fsp3) is 0.208. The highest BCUT2D eigenvalue weighted by atomic mass is 16.3. The standard InChI is InChI=1S/C24H21N7O3/c25-22-19-20(14-7-9-15(10-8-14)24-26-17-5-1-2-6-18(17)34-24)29-31(21(19)23(33)28-27-22)16-4-3-11-30(12-16)13-32/h1-2,5-10,13,16H,3-4,11-12H2,(H2,25,27)(H,28,33). The first-order chi connectivity index (χ1) is 16.6. The molecule has 0 bridgehead atoms. The van der Waals surface area contributed by atoms with Gasteiger partial charge in [-0.3, -0.25) is 14.3 Å². The Balaban J connectivity index is 1.45. The van der Waals surface area contributed by atoms with Crippen LogP contribution in [0, 0.1) is 0 Å². The van der Waals surface area contributed by atoms with Crippen LogP contribution >= 0.6 is 0 Å². The molecule has 0 spiro atoms. The summed E-state index contributed by atoms with van der Waals surface area (Å²) in [7, 11) is 0. The molecule has 1 amide bonds. The van der Waals surface area contributed by atoms with E-state index in [1.54, 1.807) is 9.58 Å². The zero-order chi connectivity index (χ0) is 23.2. The van der Waals surface area contributed by atoms with Crippen LogP contribution in [0.3, 0.4) is 0 Å². The van der Waals surface area contributed by atoms with Gasteiger partial charge in [0.05, 0.1) is 11.4 Å². The Hall–Kier alpha value is -4.47. The Bertz CT molecular complexity index is 1550. The molecule has 3 N–H and O–H groups in total. The summed E-state index contributed by atoms with van der Waals surface area (Å²) in [6.45, 7) is 1.18. The van der Waals surface area contributed by atoms with E-state index >= 15 is 0 Å². The van der Waals surface area contributed by atoms with Crippen molar-refractivity contribution < 1.29 is 9.21 Å². The number of carbonyl (C=O) groups is 1. The Morgan fingerprint density at radius 2 is 1.91 bits per heavy atom. The lowest BCUT2D eigenvalue weighted by Gasteiger charge is -2.30. The minimum atomic E-state index is -0.366. The number of benzene rings is 2. The molecule has 170 valence electrons. The summed E-state index contributed by atoms with van der Waals surface area (Å²) < 4.78 is 7.57. The van der Waals surface area contributed by atoms with Gasteiger partial charge < -0.3 is 15.1 Å². The number of carbonyl (C=O) groups excluding carboxylic acids is 1. The van der Waals surface area contributed by atoms with Crippen molar-refractivity contribution in [2.75, 3.05) is 18.8 Å². The molecule has 1 aliphatic rings. The molecule has 4 heterocycles. The highest BCUT2D eigenvalue weighted by molar-refractivity contribution is 5.99. The molecule has 2 aromatic carbocycles. The van der Waals surface area contributed by atoms with E-state index in [9.17, 15) is 9.59 Å². The number of aromatic nitrogens is 5. The maximum Gasteiger partial charge on any atom is 0.290 e. The average Bonchev–Trinajstić information content (AvgIpc) is 3.50. The minimum Gasteiger partial charge on any atom is -0.436 e. The predicted octanol–water partition coefficient (Wildman–Crippen LogP) is 2.97. The number of H-pyrrole nitrogens is 1. The van der Waals surface area contributed by atoms with Gasteiger partial charge in [-0.25, -0.2) is 10.1 Å². The summed E-state index contributed by atoms with van der Waals surface area (Å²) in [6.07, 6.45) is 2.47. The van der Waals surface area contributed by atoms with Gasteiger partial charge in [0.2, 0.25) is 12.3 Å². The molecule has 1 saturated heterocycles. The third kappa shape index (κ3) is 3.22. The molecule has 1 atom stereocenters. The number of fused-ring (bicyclic) bond motifs is 2. The number of nitrogens with zero attached hydrogens (tertiary/aromatic N) is 5. The van der Waals surface area contributed by atoms with Crippen LogP contribution in [0.15, 0.2) is 57.7 Å². The van der Waals surface area contributed by atoms with E-state index in [-0.39, 0.29) is 17.4 Å². The second kappa shape index (κ2) is 7.84. The average molecular weight is 455 g/mol. The van der Waals surface area contributed by atoms with E-state index < -0.39 is 0 Å². The van der Waals surface area contributed by atoms with Gasteiger partial charge in [-0.1, -0.05) is 24.3 Å². The van der Waals surface area contributed by atoms with E-state index in [4.69, 9.17) is 15.2 Å². The number of nitrogens with two attached hydrogens (primary N) is 1. The Kier molecular flexibility index (Phi) is 4.65. The summed E-state index contributed by atoms with van der Waals surface area (Å²) in [4.78, 5) is 30.4. The number of para-hydroxylation sites is 2. The summed E-state index contributed by atoms with van der Waals surface area (Å²) in [5.41, 5.74) is 9.88. The number of piperidine rings is 1. The zero-order valence-electron chi connectivity index (χ0n) is 18.1. The highest BCUT2D eigenvalue weighted by Crippen LogP contribution is 2.34. The number of hydrogen-bond donors (Lipinski definition) is 2. The molecule has 1 fully saturated rings. The number of anilines is 1. The second-order valence-electron chi connectivity index (χ2n) is 8.42. The Morgan fingerprint density at radius 1 is 1.12 bits per heavy atom. The lowest BCUT2D eigenvalue weighted by molar-refractivity contribution is -0.119. The van der Waals surface area contributed by atoms with Crippen LogP contribution in [0.4, 0.5) is 5.82 Å². The molecule has 5 aromatic rings. The fourth-order valence-electron chi connectivity index (χ4n) is 4.63. The van der Waals surface area contributed by atoms with Gasteiger partial charge in [-0.2, -0.15) is 10.2 Å². The number of nitrogens with one attached hydrogen (secondary N) is 1. The lowest BCUT2D eigenvalue weighted by atomic mass is 10.1. The van der Waals surface area contributed by atoms with Gasteiger partial charge in [-0.15, -0.1) is 0 Å². The topological polar surface area (TPSA) is 136 Å². The Labute approximate surface area is 193 Å². The van der Waals surface area contributed by atoms with E-state index in [0.717, 1.165) is 41.5 Å². The van der Waals surface area contributed by atoms with Gasteiger partial charge in [0.25, 0.3) is 5.56 Å². The molecule has 6 rings (SSSR count). The van der Waals surface area contributed by atoms with Crippen molar-refractivity contribution in [3.63, 3.8) is 0 Å². The number of aromatic amines is 1. The van der Waals surface area contributed by atoms with Crippen molar-refractivity contribution >= 4 is 34.2 Å². The third-order valence-corrected chi connectivity index (χ3v) is 6.28. The zero-order valence-corrected chi connectivity index (χ0v) is 18.1. The van der Waals surface area contributed by atoms with Crippen molar-refractivity contribution in [3.05, 3.63) is 58.9 Å². The largest absolute Gasteiger partial charge is 0.436 e. The van der Waals surface area contributed by atoms with E-state index in [2.05, 4.69) is 15.2 Å². The monoisotopic (exact) mass is 455 g/mol. The molecular weight excluding hydrogens is 434 g/mol. The molecule has 34 heavy (non-hydrogen) atoms. The molecule has 0 aliphatic carbocycles. The van der Waals surface area contributed by atoms with Crippen LogP contribution in [0.25, 0.3) is 44.7 Å². The lowest BCUT2D eigenvalue weighted by Crippen LogP contribution is -2.36. The molecular formula is C24H21N7O3. The second-order valence-corrected chi connectivity index (χ2v) is 8.42. The molecule has 1 aliphatic heterocycles. The fourth-order valence-corrected chi connectivity index (χ4v) is 4.63. The van der Waals surface area contributed by atoms with Gasteiger partial charge in [-0.05, 0) is 37.1 Å². The van der Waals surface area contributed by atoms with Crippen LogP contribution in [0.5, 0.6) is 0 Å². The summed E-state index contributed by atoms with van der Waals surface area (Å²) >= 11 is 0. The molecule has 0 saturated carbocycles. The van der Waals surface area contributed by atoms with Gasteiger partial charge in [0.15, 0.2) is 11.4 Å². The van der Waals surface area contributed by atoms with Crippen molar-refractivity contribution in [3.8, 4) is 22.7 Å². The molecule has 10 nitrogen and oxygen atoms in total. The van der Waals surface area contributed by atoms with E-state index in [0.29, 0.717) is 35.6 Å². The summed E-state index contributed by atoms with van der Waals surface area (Å²) in [5, 5.41) is 11.7. The molecule has 3 aromatic heterocycles. The van der Waals surface area contributed by atoms with Crippen molar-refractivity contribution in [1.82, 2.24) is 29.9 Å². The first-order valence-corrected chi connectivity index (χ1v) is 11.0. The normalized spacial score (nSPS) is 16.4. The number of hydrogen-bond acceptors (Lipinski definition) is 7. The van der Waals surface area contributed by atoms with Crippen LogP contribution in [-0.4, -0.2) is 49.4 Å². The smallest absolute Gasteiger partial charge is 0.290 e. The van der Waals surface area contributed by atoms with Crippen LogP contribution in [0.2, 0.25) is 0 Å². The number of nitrogen functional groups attached to an aromatic ring is 1. The number of oxazole rings is 1. The quantitative estimate of drug-likeness (QED) is 0.398. The van der Waals surface area contributed by atoms with Crippen LogP contribution < -0.4 is 11.3 Å². The number of likely N-dealkylation sites (tertiary alicyclic amines) is 1. The van der Waals surface area contributed by atoms with Crippen LogP contribution in [0.1, 0.15) is 18.9 Å². The van der Waals surface area contributed by atoms with Gasteiger partial charge in [0.1, 0.15) is 16.7 Å². The van der Waals surface area contributed by atoms with Gasteiger partial charge >= 0.3 is 0 Å². The van der Waals surface area contributed by atoms with Crippen molar-refractivity contribution in [2.24, 2.45) is 0 Å². The third-order valence-electron chi connectivity index (χ3n) is 6.28.